The fourth-order valence-corrected chi connectivity index (χ4v) is 1.97. The lowest BCUT2D eigenvalue weighted by molar-refractivity contribution is 0.0522. The van der Waals surface area contributed by atoms with E-state index in [0.29, 0.717) is 6.54 Å². The van der Waals surface area contributed by atoms with Gasteiger partial charge in [-0.3, -0.25) is 4.99 Å². The molecule has 4 nitrogen and oxygen atoms in total. The fraction of sp³-hybridized carbons (Fsp3) is 0.889. The van der Waals surface area contributed by atoms with Gasteiger partial charge in [0.05, 0.1) is 12.1 Å². The van der Waals surface area contributed by atoms with E-state index < -0.39 is 5.60 Å². The maximum absolute atomic E-state index is 10.0. The van der Waals surface area contributed by atoms with Gasteiger partial charge in [-0.1, -0.05) is 12.8 Å². The second-order valence-electron chi connectivity index (χ2n) is 3.94. The molecule has 1 aliphatic carbocycles. The second kappa shape index (κ2) is 3.54. The Morgan fingerprint density at radius 1 is 1.46 bits per heavy atom. The summed E-state index contributed by atoms with van der Waals surface area (Å²) in [5.41, 5.74) is -0.479. The van der Waals surface area contributed by atoms with Crippen LogP contribution in [0.4, 0.5) is 0 Å². The Bertz CT molecular complexity index is 209. The number of hydrogen-bond acceptors (Lipinski definition) is 4. The summed E-state index contributed by atoms with van der Waals surface area (Å²) in [7, 11) is 0. The van der Waals surface area contributed by atoms with Crippen molar-refractivity contribution >= 4 is 5.96 Å². The van der Waals surface area contributed by atoms with Gasteiger partial charge in [-0.05, 0) is 12.8 Å². The summed E-state index contributed by atoms with van der Waals surface area (Å²) < 4.78 is 0. The normalized spacial score (nSPS) is 25.5. The molecule has 74 valence electrons. The highest BCUT2D eigenvalue weighted by Crippen LogP contribution is 2.28. The molecule has 0 aromatic rings. The Morgan fingerprint density at radius 2 is 2.23 bits per heavy atom. The highest BCUT2D eigenvalue weighted by molar-refractivity contribution is 5.81. The number of nitrogens with one attached hydrogen (secondary N) is 2. The molecule has 0 spiro atoms. The third-order valence-corrected chi connectivity index (χ3v) is 2.79. The molecule has 3 N–H and O–H groups in total. The summed E-state index contributed by atoms with van der Waals surface area (Å²) in [4.78, 5) is 4.21. The first-order valence-electron chi connectivity index (χ1n) is 5.03. The molecular weight excluding hydrogens is 166 g/mol. The Kier molecular flexibility index (Phi) is 2.40. The second-order valence-corrected chi connectivity index (χ2v) is 3.94. The number of rotatable bonds is 2. The van der Waals surface area contributed by atoms with Crippen LogP contribution >= 0.6 is 0 Å². The molecule has 0 aromatic carbocycles. The van der Waals surface area contributed by atoms with Gasteiger partial charge < -0.3 is 15.7 Å². The predicted molar refractivity (Wildman–Crippen MR) is 51.7 cm³/mol. The molecule has 4 heteroatoms. The zero-order valence-electron chi connectivity index (χ0n) is 7.84. The van der Waals surface area contributed by atoms with E-state index in [-0.39, 0.29) is 0 Å². The van der Waals surface area contributed by atoms with E-state index in [0.717, 1.165) is 44.7 Å². The lowest BCUT2D eigenvalue weighted by Crippen LogP contribution is -2.44. The molecule has 13 heavy (non-hydrogen) atoms. The van der Waals surface area contributed by atoms with Crippen LogP contribution in [0.3, 0.4) is 0 Å². The number of guanidine groups is 1. The first-order valence-corrected chi connectivity index (χ1v) is 5.03. The average Bonchev–Trinajstić information content (AvgIpc) is 2.72. The lowest BCUT2D eigenvalue weighted by atomic mass is 10.0. The minimum atomic E-state index is -0.479. The van der Waals surface area contributed by atoms with Crippen LogP contribution in [0, 0.1) is 0 Å². The van der Waals surface area contributed by atoms with Crippen LogP contribution in [-0.2, 0) is 0 Å². The molecule has 0 aromatic heterocycles. The van der Waals surface area contributed by atoms with Crippen LogP contribution in [0.5, 0.6) is 0 Å². The van der Waals surface area contributed by atoms with Crippen molar-refractivity contribution in [3.63, 3.8) is 0 Å². The minimum Gasteiger partial charge on any atom is -0.388 e. The minimum absolute atomic E-state index is 0.479. The molecule has 0 amide bonds. The Morgan fingerprint density at radius 3 is 2.85 bits per heavy atom. The van der Waals surface area contributed by atoms with Crippen LogP contribution in [0.25, 0.3) is 0 Å². The number of aliphatic hydroxyl groups is 1. The molecule has 1 heterocycles. The average molecular weight is 183 g/mol. The first-order chi connectivity index (χ1) is 6.29. The topological polar surface area (TPSA) is 56.6 Å². The van der Waals surface area contributed by atoms with Crippen molar-refractivity contribution in [2.45, 2.75) is 31.3 Å². The van der Waals surface area contributed by atoms with Crippen molar-refractivity contribution < 1.29 is 5.11 Å². The van der Waals surface area contributed by atoms with Crippen molar-refractivity contribution in [1.29, 1.82) is 0 Å². The summed E-state index contributed by atoms with van der Waals surface area (Å²) in [5, 5.41) is 16.3. The van der Waals surface area contributed by atoms with Gasteiger partial charge in [-0.15, -0.1) is 0 Å². The quantitative estimate of drug-likeness (QED) is 0.557. The van der Waals surface area contributed by atoms with Crippen LogP contribution < -0.4 is 10.6 Å². The highest BCUT2D eigenvalue weighted by atomic mass is 16.3. The van der Waals surface area contributed by atoms with E-state index in [2.05, 4.69) is 15.6 Å². The smallest absolute Gasteiger partial charge is 0.191 e. The van der Waals surface area contributed by atoms with E-state index in [1.165, 1.54) is 0 Å². The van der Waals surface area contributed by atoms with Crippen molar-refractivity contribution in [3.05, 3.63) is 0 Å². The number of aliphatic imine (C=N–C) groups is 1. The number of nitrogens with zero attached hydrogens (tertiary/aromatic N) is 1. The summed E-state index contributed by atoms with van der Waals surface area (Å²) >= 11 is 0. The lowest BCUT2D eigenvalue weighted by Gasteiger charge is -2.22. The molecule has 1 fully saturated rings. The number of hydrogen-bond donors (Lipinski definition) is 3. The van der Waals surface area contributed by atoms with Crippen LogP contribution in [-0.4, -0.2) is 36.3 Å². The Balaban J connectivity index is 1.77. The molecule has 2 rings (SSSR count). The molecule has 0 atom stereocenters. The van der Waals surface area contributed by atoms with Gasteiger partial charge in [0.15, 0.2) is 5.96 Å². The largest absolute Gasteiger partial charge is 0.388 e. The summed E-state index contributed by atoms with van der Waals surface area (Å²) in [5.74, 6) is 0.848. The highest BCUT2D eigenvalue weighted by Gasteiger charge is 2.31. The van der Waals surface area contributed by atoms with Crippen molar-refractivity contribution in [2.75, 3.05) is 19.6 Å². The van der Waals surface area contributed by atoms with Gasteiger partial charge in [0.1, 0.15) is 0 Å². The third kappa shape index (κ3) is 2.12. The predicted octanol–water partition coefficient (Wildman–Crippen LogP) is -0.160. The maximum atomic E-state index is 10.0. The summed E-state index contributed by atoms with van der Waals surface area (Å²) in [6, 6.07) is 0. The van der Waals surface area contributed by atoms with Gasteiger partial charge >= 0.3 is 0 Å². The van der Waals surface area contributed by atoms with Gasteiger partial charge in [0.2, 0.25) is 0 Å². The zero-order valence-corrected chi connectivity index (χ0v) is 7.84. The van der Waals surface area contributed by atoms with Crippen LogP contribution in [0.2, 0.25) is 0 Å². The van der Waals surface area contributed by atoms with Gasteiger partial charge in [0.25, 0.3) is 0 Å². The summed E-state index contributed by atoms with van der Waals surface area (Å²) in [6.07, 6.45) is 4.15. The standard InChI is InChI=1S/C9H17N3O/c13-9(3-1-2-4-9)7-12-8-10-5-6-11-8/h13H,1-7H2,(H2,10,11,12). The molecule has 1 saturated carbocycles. The van der Waals surface area contributed by atoms with Crippen LogP contribution in [0.1, 0.15) is 25.7 Å². The van der Waals surface area contributed by atoms with E-state index in [1.54, 1.807) is 0 Å². The monoisotopic (exact) mass is 183 g/mol. The third-order valence-electron chi connectivity index (χ3n) is 2.79. The zero-order chi connectivity index (χ0) is 9.15. The van der Waals surface area contributed by atoms with E-state index >= 15 is 0 Å². The first kappa shape index (κ1) is 8.81. The maximum Gasteiger partial charge on any atom is 0.191 e. The van der Waals surface area contributed by atoms with Crippen molar-refractivity contribution in [2.24, 2.45) is 4.99 Å². The van der Waals surface area contributed by atoms with Crippen LogP contribution in [0.15, 0.2) is 4.99 Å². The van der Waals surface area contributed by atoms with E-state index in [4.69, 9.17) is 0 Å². The molecule has 0 radical (unpaired) electrons. The summed E-state index contributed by atoms with van der Waals surface area (Å²) in [6.45, 7) is 2.40. The van der Waals surface area contributed by atoms with Crippen molar-refractivity contribution in [3.8, 4) is 0 Å². The molecule has 1 aliphatic heterocycles. The van der Waals surface area contributed by atoms with Gasteiger partial charge in [-0.2, -0.15) is 0 Å². The Hall–Kier alpha value is -0.770. The Labute approximate surface area is 78.4 Å². The van der Waals surface area contributed by atoms with Gasteiger partial charge in [0, 0.05) is 13.1 Å². The molecule has 0 saturated heterocycles. The van der Waals surface area contributed by atoms with Crippen molar-refractivity contribution in [1.82, 2.24) is 10.6 Å². The van der Waals surface area contributed by atoms with E-state index in [1.807, 2.05) is 0 Å². The molecule has 0 bridgehead atoms. The SMILES string of the molecule is OC1(CNC2=NCCN2)CCCC1. The van der Waals surface area contributed by atoms with E-state index in [9.17, 15) is 5.11 Å². The molecular formula is C9H17N3O. The molecule has 2 aliphatic rings. The van der Waals surface area contributed by atoms with Gasteiger partial charge in [-0.25, -0.2) is 0 Å². The fourth-order valence-electron chi connectivity index (χ4n) is 1.97. The molecule has 0 unspecified atom stereocenters.